The maximum atomic E-state index is 12.7. The minimum atomic E-state index is -0.568. The lowest BCUT2D eigenvalue weighted by Crippen LogP contribution is -2.11. The molecular formula is C14H14FNO. The number of benzene rings is 2. The Balaban J connectivity index is 1.92. The highest BCUT2D eigenvalue weighted by Crippen LogP contribution is 2.14. The Bertz CT molecular complexity index is 455. The average Bonchev–Trinajstić information content (AvgIpc) is 2.39. The zero-order valence-electron chi connectivity index (χ0n) is 9.31. The van der Waals surface area contributed by atoms with Gasteiger partial charge in [0, 0.05) is 12.2 Å². The molecule has 0 amide bonds. The van der Waals surface area contributed by atoms with Crippen molar-refractivity contribution in [3.8, 4) is 0 Å². The zero-order chi connectivity index (χ0) is 12.1. The summed E-state index contributed by atoms with van der Waals surface area (Å²) >= 11 is 0. The van der Waals surface area contributed by atoms with Gasteiger partial charge in [-0.05, 0) is 29.8 Å². The van der Waals surface area contributed by atoms with Crippen LogP contribution in [0.2, 0.25) is 0 Å². The molecule has 88 valence electrons. The standard InChI is InChI=1S/C14H14FNO/c15-12-6-8-13(9-7-12)16-10-14(17)11-4-2-1-3-5-11/h1-9,14,16-17H,10H2. The van der Waals surface area contributed by atoms with Gasteiger partial charge in [0.25, 0.3) is 0 Å². The van der Waals surface area contributed by atoms with Gasteiger partial charge in [-0.15, -0.1) is 0 Å². The summed E-state index contributed by atoms with van der Waals surface area (Å²) in [4.78, 5) is 0. The van der Waals surface area contributed by atoms with Crippen LogP contribution in [0.5, 0.6) is 0 Å². The second kappa shape index (κ2) is 5.46. The number of aliphatic hydroxyl groups excluding tert-OH is 1. The smallest absolute Gasteiger partial charge is 0.123 e. The van der Waals surface area contributed by atoms with E-state index in [1.807, 2.05) is 30.3 Å². The number of nitrogens with one attached hydrogen (secondary N) is 1. The van der Waals surface area contributed by atoms with Crippen molar-refractivity contribution in [1.29, 1.82) is 0 Å². The maximum absolute atomic E-state index is 12.7. The Labute approximate surface area is 99.7 Å². The van der Waals surface area contributed by atoms with E-state index in [2.05, 4.69) is 5.32 Å². The van der Waals surface area contributed by atoms with Gasteiger partial charge in [0.1, 0.15) is 5.82 Å². The van der Waals surface area contributed by atoms with Crippen LogP contribution in [0, 0.1) is 5.82 Å². The quantitative estimate of drug-likeness (QED) is 0.847. The van der Waals surface area contributed by atoms with Crippen LogP contribution in [0.1, 0.15) is 11.7 Å². The first kappa shape index (κ1) is 11.6. The molecule has 0 bridgehead atoms. The van der Waals surface area contributed by atoms with Crippen molar-refractivity contribution in [3.63, 3.8) is 0 Å². The molecule has 0 saturated heterocycles. The van der Waals surface area contributed by atoms with E-state index >= 15 is 0 Å². The molecule has 0 saturated carbocycles. The molecule has 0 spiro atoms. The van der Waals surface area contributed by atoms with Crippen LogP contribution in [0.3, 0.4) is 0 Å². The van der Waals surface area contributed by atoms with Crippen LogP contribution in [0.4, 0.5) is 10.1 Å². The minimum absolute atomic E-state index is 0.265. The first-order chi connectivity index (χ1) is 8.25. The Hall–Kier alpha value is -1.87. The third-order valence-electron chi connectivity index (χ3n) is 2.53. The molecule has 0 aromatic heterocycles. The molecule has 0 heterocycles. The van der Waals surface area contributed by atoms with Crippen LogP contribution >= 0.6 is 0 Å². The lowest BCUT2D eigenvalue weighted by molar-refractivity contribution is 0.191. The van der Waals surface area contributed by atoms with Crippen LogP contribution < -0.4 is 5.32 Å². The summed E-state index contributed by atoms with van der Waals surface area (Å²) in [6.45, 7) is 0.398. The molecule has 1 atom stereocenters. The molecule has 1 unspecified atom stereocenters. The number of halogens is 1. The second-order valence-corrected chi connectivity index (χ2v) is 3.81. The van der Waals surface area contributed by atoms with Crippen molar-refractivity contribution >= 4 is 5.69 Å². The topological polar surface area (TPSA) is 32.3 Å². The largest absolute Gasteiger partial charge is 0.387 e. The molecule has 0 aliphatic heterocycles. The normalized spacial score (nSPS) is 12.1. The molecule has 17 heavy (non-hydrogen) atoms. The van der Waals surface area contributed by atoms with Crippen LogP contribution in [0.25, 0.3) is 0 Å². The molecule has 2 nitrogen and oxygen atoms in total. The summed E-state index contributed by atoms with van der Waals surface area (Å²) in [6, 6.07) is 15.5. The molecule has 0 aliphatic rings. The van der Waals surface area contributed by atoms with Gasteiger partial charge in [0.05, 0.1) is 6.10 Å². The van der Waals surface area contributed by atoms with Crippen LogP contribution in [-0.2, 0) is 0 Å². The van der Waals surface area contributed by atoms with Gasteiger partial charge in [-0.25, -0.2) is 4.39 Å². The Morgan fingerprint density at radius 2 is 1.65 bits per heavy atom. The fourth-order valence-electron chi connectivity index (χ4n) is 1.58. The average molecular weight is 231 g/mol. The Morgan fingerprint density at radius 1 is 1.00 bits per heavy atom. The molecule has 2 aromatic carbocycles. The first-order valence-corrected chi connectivity index (χ1v) is 5.48. The van der Waals surface area contributed by atoms with Crippen molar-refractivity contribution in [2.24, 2.45) is 0 Å². The van der Waals surface area contributed by atoms with Crippen LogP contribution in [0.15, 0.2) is 54.6 Å². The molecule has 2 aromatic rings. The van der Waals surface area contributed by atoms with Crippen molar-refractivity contribution < 1.29 is 9.50 Å². The number of hydrogen-bond acceptors (Lipinski definition) is 2. The maximum Gasteiger partial charge on any atom is 0.123 e. The van der Waals surface area contributed by atoms with Crippen molar-refractivity contribution in [2.75, 3.05) is 11.9 Å². The predicted octanol–water partition coefficient (Wildman–Crippen LogP) is 2.97. The lowest BCUT2D eigenvalue weighted by atomic mass is 10.1. The van der Waals surface area contributed by atoms with Gasteiger partial charge in [-0.3, -0.25) is 0 Å². The molecule has 0 aliphatic carbocycles. The molecule has 2 N–H and O–H groups in total. The van der Waals surface area contributed by atoms with Gasteiger partial charge in [-0.1, -0.05) is 30.3 Å². The number of aliphatic hydroxyl groups is 1. The lowest BCUT2D eigenvalue weighted by Gasteiger charge is -2.13. The van der Waals surface area contributed by atoms with E-state index in [1.54, 1.807) is 12.1 Å². The van der Waals surface area contributed by atoms with Gasteiger partial charge in [0.15, 0.2) is 0 Å². The number of hydrogen-bond donors (Lipinski definition) is 2. The molecule has 2 rings (SSSR count). The summed E-state index contributed by atoms with van der Waals surface area (Å²) in [7, 11) is 0. The van der Waals surface area contributed by atoms with E-state index < -0.39 is 6.10 Å². The highest BCUT2D eigenvalue weighted by atomic mass is 19.1. The molecule has 0 radical (unpaired) electrons. The number of rotatable bonds is 4. The second-order valence-electron chi connectivity index (χ2n) is 3.81. The highest BCUT2D eigenvalue weighted by Gasteiger charge is 2.05. The van der Waals surface area contributed by atoms with Crippen molar-refractivity contribution in [2.45, 2.75) is 6.10 Å². The SMILES string of the molecule is OC(CNc1ccc(F)cc1)c1ccccc1. The summed E-state index contributed by atoms with van der Waals surface area (Å²) < 4.78 is 12.7. The van der Waals surface area contributed by atoms with E-state index in [9.17, 15) is 9.50 Å². The molecular weight excluding hydrogens is 217 g/mol. The van der Waals surface area contributed by atoms with Gasteiger partial charge in [-0.2, -0.15) is 0 Å². The van der Waals surface area contributed by atoms with Crippen LogP contribution in [-0.4, -0.2) is 11.7 Å². The van der Waals surface area contributed by atoms with Crippen molar-refractivity contribution in [1.82, 2.24) is 0 Å². The fraction of sp³-hybridized carbons (Fsp3) is 0.143. The van der Waals surface area contributed by atoms with Crippen molar-refractivity contribution in [3.05, 3.63) is 66.0 Å². The van der Waals surface area contributed by atoms with E-state index in [-0.39, 0.29) is 5.82 Å². The van der Waals surface area contributed by atoms with Gasteiger partial charge >= 0.3 is 0 Å². The third-order valence-corrected chi connectivity index (χ3v) is 2.53. The minimum Gasteiger partial charge on any atom is -0.387 e. The van der Waals surface area contributed by atoms with Gasteiger partial charge < -0.3 is 10.4 Å². The third kappa shape index (κ3) is 3.29. The molecule has 0 fully saturated rings. The van der Waals surface area contributed by atoms with E-state index in [4.69, 9.17) is 0 Å². The summed E-state index contributed by atoms with van der Waals surface area (Å²) in [5.41, 5.74) is 1.66. The van der Waals surface area contributed by atoms with E-state index in [0.717, 1.165) is 11.3 Å². The summed E-state index contributed by atoms with van der Waals surface area (Å²) in [6.07, 6.45) is -0.568. The Morgan fingerprint density at radius 3 is 2.29 bits per heavy atom. The monoisotopic (exact) mass is 231 g/mol. The Kier molecular flexibility index (Phi) is 3.73. The summed E-state index contributed by atoms with van der Waals surface area (Å²) in [5, 5.41) is 13.0. The number of anilines is 1. The first-order valence-electron chi connectivity index (χ1n) is 5.48. The van der Waals surface area contributed by atoms with E-state index in [1.165, 1.54) is 12.1 Å². The van der Waals surface area contributed by atoms with E-state index in [0.29, 0.717) is 6.54 Å². The molecule has 3 heteroatoms. The predicted molar refractivity (Wildman–Crippen MR) is 66.3 cm³/mol. The fourth-order valence-corrected chi connectivity index (χ4v) is 1.58. The van der Waals surface area contributed by atoms with Gasteiger partial charge in [0.2, 0.25) is 0 Å². The summed E-state index contributed by atoms with van der Waals surface area (Å²) in [5.74, 6) is -0.265. The zero-order valence-corrected chi connectivity index (χ0v) is 9.31. The highest BCUT2D eigenvalue weighted by molar-refractivity contribution is 5.43.